The number of quaternary nitrogens is 1. The SMILES string of the molecule is O=C(O)C1=C[N+]([O-])(c2ccc(F)cc2)c2cc(Cl)c(F)cc2C1=O. The smallest absolute Gasteiger partial charge is 0.345 e. The van der Waals surface area contributed by atoms with Crippen LogP contribution in [0.3, 0.4) is 0 Å². The van der Waals surface area contributed by atoms with Gasteiger partial charge in [-0.2, -0.15) is 0 Å². The largest absolute Gasteiger partial charge is 0.617 e. The molecule has 0 radical (unpaired) electrons. The molecule has 0 spiro atoms. The third kappa shape index (κ3) is 2.39. The van der Waals surface area contributed by atoms with Crippen molar-refractivity contribution in [2.24, 2.45) is 0 Å². The lowest BCUT2D eigenvalue weighted by Gasteiger charge is -2.41. The molecule has 1 unspecified atom stereocenters. The summed E-state index contributed by atoms with van der Waals surface area (Å²) >= 11 is 5.70. The normalized spacial score (nSPS) is 19.7. The van der Waals surface area contributed by atoms with Gasteiger partial charge in [-0.15, -0.1) is 0 Å². The van der Waals surface area contributed by atoms with Gasteiger partial charge < -0.3 is 10.3 Å². The molecule has 1 heterocycles. The van der Waals surface area contributed by atoms with Crippen LogP contribution in [-0.4, -0.2) is 16.9 Å². The number of hydrogen-bond donors (Lipinski definition) is 1. The van der Waals surface area contributed by atoms with Crippen molar-refractivity contribution in [3.8, 4) is 0 Å². The van der Waals surface area contributed by atoms with Gasteiger partial charge in [0.2, 0.25) is 5.78 Å². The number of carboxylic acid groups (broad SMARTS) is 1. The van der Waals surface area contributed by atoms with E-state index in [-0.39, 0.29) is 11.4 Å². The number of ketones is 1. The van der Waals surface area contributed by atoms with Gasteiger partial charge in [0, 0.05) is 18.2 Å². The number of benzene rings is 2. The van der Waals surface area contributed by atoms with Crippen LogP contribution in [0.25, 0.3) is 0 Å². The molecule has 0 bridgehead atoms. The van der Waals surface area contributed by atoms with Crippen molar-refractivity contribution in [2.75, 3.05) is 0 Å². The second-order valence-corrected chi connectivity index (χ2v) is 5.50. The lowest BCUT2D eigenvalue weighted by molar-refractivity contribution is -0.132. The van der Waals surface area contributed by atoms with Crippen molar-refractivity contribution in [3.05, 3.63) is 75.6 Å². The molecule has 5 nitrogen and oxygen atoms in total. The third-order valence-electron chi connectivity index (χ3n) is 3.64. The highest BCUT2D eigenvalue weighted by atomic mass is 35.5. The minimum atomic E-state index is -1.62. The first-order chi connectivity index (χ1) is 11.2. The summed E-state index contributed by atoms with van der Waals surface area (Å²) in [6, 6.07) is 6.02. The van der Waals surface area contributed by atoms with Crippen molar-refractivity contribution < 1.29 is 23.5 Å². The van der Waals surface area contributed by atoms with E-state index in [1.807, 2.05) is 0 Å². The number of carbonyl (C=O) groups excluding carboxylic acids is 1. The Morgan fingerprint density at radius 1 is 1.17 bits per heavy atom. The summed E-state index contributed by atoms with van der Waals surface area (Å²) < 4.78 is 25.3. The maximum atomic E-state index is 13.7. The van der Waals surface area contributed by atoms with E-state index in [9.17, 15) is 23.6 Å². The molecule has 0 saturated carbocycles. The Labute approximate surface area is 139 Å². The van der Waals surface area contributed by atoms with Crippen molar-refractivity contribution in [2.45, 2.75) is 0 Å². The number of hydrogen-bond acceptors (Lipinski definition) is 3. The molecular weight excluding hydrogens is 344 g/mol. The molecule has 24 heavy (non-hydrogen) atoms. The third-order valence-corrected chi connectivity index (χ3v) is 3.93. The standard InChI is InChI=1S/C16H8ClF2NO4/c17-12-6-14-10(5-13(12)19)15(21)11(16(22)23)7-20(14,24)9-3-1-8(18)2-4-9/h1-7H,(H,22,23). The van der Waals surface area contributed by atoms with Crippen molar-refractivity contribution >= 4 is 34.7 Å². The summed E-state index contributed by atoms with van der Waals surface area (Å²) in [6.45, 7) is 0. The Hall–Kier alpha value is -2.61. The predicted molar refractivity (Wildman–Crippen MR) is 82.7 cm³/mol. The molecule has 2 aromatic rings. The number of carboxylic acids is 1. The zero-order chi connectivity index (χ0) is 17.6. The number of aliphatic carboxylic acids is 1. The molecule has 1 N–H and O–H groups in total. The lowest BCUT2D eigenvalue weighted by atomic mass is 9.96. The molecule has 0 aromatic heterocycles. The average Bonchev–Trinajstić information content (AvgIpc) is 2.53. The maximum Gasteiger partial charge on any atom is 0.345 e. The van der Waals surface area contributed by atoms with E-state index in [0.29, 0.717) is 6.20 Å². The number of nitrogens with zero attached hydrogens (tertiary/aromatic N) is 1. The number of rotatable bonds is 2. The molecule has 1 atom stereocenters. The number of fused-ring (bicyclic) bond motifs is 1. The Morgan fingerprint density at radius 3 is 2.38 bits per heavy atom. The molecule has 0 amide bonds. The van der Waals surface area contributed by atoms with E-state index in [1.54, 1.807) is 0 Å². The maximum absolute atomic E-state index is 13.7. The van der Waals surface area contributed by atoms with Crippen LogP contribution in [0.1, 0.15) is 10.4 Å². The molecule has 0 saturated heterocycles. The van der Waals surface area contributed by atoms with Gasteiger partial charge in [-0.3, -0.25) is 9.44 Å². The second-order valence-electron chi connectivity index (χ2n) is 5.09. The highest BCUT2D eigenvalue weighted by Crippen LogP contribution is 2.43. The Bertz CT molecular complexity index is 911. The van der Waals surface area contributed by atoms with E-state index in [1.165, 1.54) is 0 Å². The van der Waals surface area contributed by atoms with E-state index in [0.717, 1.165) is 36.4 Å². The number of halogens is 3. The fourth-order valence-electron chi connectivity index (χ4n) is 2.48. The van der Waals surface area contributed by atoms with E-state index in [2.05, 4.69) is 0 Å². The molecule has 122 valence electrons. The topological polar surface area (TPSA) is 77.4 Å². The van der Waals surface area contributed by atoms with Crippen molar-refractivity contribution in [1.82, 2.24) is 4.65 Å². The van der Waals surface area contributed by atoms with Crippen molar-refractivity contribution in [1.29, 1.82) is 0 Å². The number of hydroxylamine groups is 1. The van der Waals surface area contributed by atoms with Gasteiger partial charge in [-0.25, -0.2) is 13.6 Å². The first-order valence-corrected chi connectivity index (χ1v) is 6.98. The van der Waals surface area contributed by atoms with Crippen LogP contribution in [0.5, 0.6) is 0 Å². The zero-order valence-electron chi connectivity index (χ0n) is 11.8. The van der Waals surface area contributed by atoms with Gasteiger partial charge in [0.1, 0.15) is 23.5 Å². The van der Waals surface area contributed by atoms with Gasteiger partial charge in [-0.05, 0) is 18.2 Å². The molecule has 3 rings (SSSR count). The van der Waals surface area contributed by atoms with Gasteiger partial charge in [0.15, 0.2) is 11.3 Å². The first-order valence-electron chi connectivity index (χ1n) is 6.60. The second kappa shape index (κ2) is 5.48. The summed E-state index contributed by atoms with van der Waals surface area (Å²) in [5.41, 5.74) is -1.52. The molecular formula is C16H8ClF2NO4. The molecule has 1 aliphatic rings. The van der Waals surface area contributed by atoms with Crippen LogP contribution in [0.2, 0.25) is 5.02 Å². The van der Waals surface area contributed by atoms with Gasteiger partial charge in [-0.1, -0.05) is 11.6 Å². The zero-order valence-corrected chi connectivity index (χ0v) is 12.6. The lowest BCUT2D eigenvalue weighted by Crippen LogP contribution is -2.38. The Kier molecular flexibility index (Phi) is 3.71. The van der Waals surface area contributed by atoms with Crippen LogP contribution in [0.15, 0.2) is 48.2 Å². The summed E-state index contributed by atoms with van der Waals surface area (Å²) in [5.74, 6) is -4.18. The first kappa shape index (κ1) is 16.3. The van der Waals surface area contributed by atoms with E-state index >= 15 is 0 Å². The van der Waals surface area contributed by atoms with E-state index < -0.39 is 44.2 Å². The summed E-state index contributed by atoms with van der Waals surface area (Å²) in [7, 11) is 0. The summed E-state index contributed by atoms with van der Waals surface area (Å²) in [5, 5.41) is 22.1. The van der Waals surface area contributed by atoms with Crippen LogP contribution in [0.4, 0.5) is 20.2 Å². The fourth-order valence-corrected chi connectivity index (χ4v) is 2.63. The molecule has 0 fully saturated rings. The van der Waals surface area contributed by atoms with Gasteiger partial charge in [0.25, 0.3) is 0 Å². The highest BCUT2D eigenvalue weighted by molar-refractivity contribution is 6.32. The molecule has 8 heteroatoms. The Morgan fingerprint density at radius 2 is 1.79 bits per heavy atom. The summed E-state index contributed by atoms with van der Waals surface area (Å²) in [4.78, 5) is 23.5. The minimum absolute atomic E-state index is 0.0634. The van der Waals surface area contributed by atoms with Crippen LogP contribution < -0.4 is 4.65 Å². The van der Waals surface area contributed by atoms with Crippen LogP contribution in [-0.2, 0) is 4.79 Å². The van der Waals surface area contributed by atoms with Crippen molar-refractivity contribution in [3.63, 3.8) is 0 Å². The fraction of sp³-hybridized carbons (Fsp3) is 0. The Balaban J connectivity index is 2.35. The molecule has 2 aromatic carbocycles. The van der Waals surface area contributed by atoms with Crippen LogP contribution in [0, 0.1) is 16.8 Å². The molecule has 0 aliphatic carbocycles. The minimum Gasteiger partial charge on any atom is -0.617 e. The van der Waals surface area contributed by atoms with Gasteiger partial charge >= 0.3 is 5.97 Å². The number of Topliss-reactive ketones (excluding diaryl/α,β-unsaturated/α-hetero) is 1. The van der Waals surface area contributed by atoms with Gasteiger partial charge in [0.05, 0.1) is 10.6 Å². The predicted octanol–water partition coefficient (Wildman–Crippen LogP) is 3.92. The highest BCUT2D eigenvalue weighted by Gasteiger charge is 2.39. The average molecular weight is 352 g/mol. The van der Waals surface area contributed by atoms with Crippen LogP contribution >= 0.6 is 11.6 Å². The number of carbonyl (C=O) groups is 2. The molecule has 1 aliphatic heterocycles. The quantitative estimate of drug-likeness (QED) is 0.505. The van der Waals surface area contributed by atoms with E-state index in [4.69, 9.17) is 16.7 Å². The monoisotopic (exact) mass is 351 g/mol. The summed E-state index contributed by atoms with van der Waals surface area (Å²) in [6.07, 6.45) is 0.675.